The molecule has 7 heteroatoms. The molecule has 1 N–H and O–H groups in total. The molecule has 1 aliphatic heterocycles. The monoisotopic (exact) mass is 358 g/mol. The van der Waals surface area contributed by atoms with Crippen LogP contribution in [-0.4, -0.2) is 54.2 Å². The van der Waals surface area contributed by atoms with Crippen molar-refractivity contribution >= 4 is 11.6 Å². The molecule has 1 saturated heterocycles. The minimum absolute atomic E-state index is 0.0245. The Morgan fingerprint density at radius 1 is 1.27 bits per heavy atom. The average molecular weight is 358 g/mol. The summed E-state index contributed by atoms with van der Waals surface area (Å²) in [6.07, 6.45) is 7.93. The van der Waals surface area contributed by atoms with Crippen LogP contribution in [0.1, 0.15) is 12.8 Å². The van der Waals surface area contributed by atoms with E-state index in [0.29, 0.717) is 29.6 Å². The van der Waals surface area contributed by atoms with Gasteiger partial charge in [0.15, 0.2) is 0 Å². The van der Waals surface area contributed by atoms with Crippen LogP contribution in [0.5, 0.6) is 11.5 Å². The van der Waals surface area contributed by atoms with E-state index in [1.54, 1.807) is 38.6 Å². The molecule has 0 radical (unpaired) electrons. The number of methoxy groups -OCH3 is 2. The summed E-state index contributed by atoms with van der Waals surface area (Å²) in [5.41, 5.74) is 0.679. The number of anilines is 1. The molecule has 3 rings (SSSR count). The predicted octanol–water partition coefficient (Wildman–Crippen LogP) is 2.25. The molecule has 7 nitrogen and oxygen atoms in total. The number of ether oxygens (including phenoxy) is 2. The number of amides is 1. The van der Waals surface area contributed by atoms with Crippen LogP contribution in [0.2, 0.25) is 0 Å². The number of piperidine rings is 1. The molecule has 0 spiro atoms. The van der Waals surface area contributed by atoms with Crippen molar-refractivity contribution in [3.63, 3.8) is 0 Å². The van der Waals surface area contributed by atoms with Gasteiger partial charge in [0, 0.05) is 49.4 Å². The van der Waals surface area contributed by atoms with E-state index >= 15 is 0 Å². The molecule has 1 fully saturated rings. The molecule has 0 bridgehead atoms. The second-order valence-electron chi connectivity index (χ2n) is 6.65. The highest BCUT2D eigenvalue weighted by Gasteiger charge is 2.22. The highest BCUT2D eigenvalue weighted by atomic mass is 16.5. The average Bonchev–Trinajstić information content (AvgIpc) is 3.14. The number of imidazole rings is 1. The summed E-state index contributed by atoms with van der Waals surface area (Å²) >= 11 is 0. The van der Waals surface area contributed by atoms with E-state index in [2.05, 4.69) is 19.8 Å². The number of likely N-dealkylation sites (tertiary alicyclic amines) is 1. The van der Waals surface area contributed by atoms with Gasteiger partial charge in [-0.3, -0.25) is 9.69 Å². The van der Waals surface area contributed by atoms with Gasteiger partial charge in [0.1, 0.15) is 11.5 Å². The summed E-state index contributed by atoms with van der Waals surface area (Å²) in [7, 11) is 3.18. The van der Waals surface area contributed by atoms with Crippen molar-refractivity contribution in [2.75, 3.05) is 39.2 Å². The van der Waals surface area contributed by atoms with Gasteiger partial charge < -0.3 is 19.4 Å². The van der Waals surface area contributed by atoms with Crippen LogP contribution >= 0.6 is 0 Å². The summed E-state index contributed by atoms with van der Waals surface area (Å²) in [5.74, 6) is 1.82. The molecule has 2 aromatic rings. The van der Waals surface area contributed by atoms with E-state index in [9.17, 15) is 4.79 Å². The molecule has 1 aromatic heterocycles. The van der Waals surface area contributed by atoms with Gasteiger partial charge in [0.05, 0.1) is 27.1 Å². The highest BCUT2D eigenvalue weighted by Crippen LogP contribution is 2.26. The normalized spacial score (nSPS) is 17.7. The Kier molecular flexibility index (Phi) is 6.12. The van der Waals surface area contributed by atoms with E-state index < -0.39 is 0 Å². The maximum absolute atomic E-state index is 12.5. The van der Waals surface area contributed by atoms with Crippen molar-refractivity contribution in [1.82, 2.24) is 14.5 Å². The first kappa shape index (κ1) is 18.3. The fourth-order valence-corrected chi connectivity index (χ4v) is 3.42. The van der Waals surface area contributed by atoms with Gasteiger partial charge >= 0.3 is 0 Å². The third-order valence-electron chi connectivity index (χ3n) is 4.63. The van der Waals surface area contributed by atoms with Crippen LogP contribution in [0.3, 0.4) is 0 Å². The smallest absolute Gasteiger partial charge is 0.238 e. The van der Waals surface area contributed by atoms with Gasteiger partial charge in [-0.05, 0) is 25.3 Å². The Morgan fingerprint density at radius 3 is 2.69 bits per heavy atom. The van der Waals surface area contributed by atoms with Crippen LogP contribution in [0.25, 0.3) is 0 Å². The number of nitrogens with one attached hydrogen (secondary N) is 1. The molecule has 1 aromatic carbocycles. The van der Waals surface area contributed by atoms with Gasteiger partial charge in [0.25, 0.3) is 0 Å². The quantitative estimate of drug-likeness (QED) is 0.822. The van der Waals surface area contributed by atoms with Gasteiger partial charge in [0.2, 0.25) is 5.91 Å². The van der Waals surface area contributed by atoms with Gasteiger partial charge in [-0.15, -0.1) is 0 Å². The number of benzene rings is 1. The number of carbonyl (C=O) groups is 1. The standard InChI is InChI=1S/C19H26N4O3/c1-25-17-8-16(9-18(10-17)26-2)21-19(24)13-22-6-3-4-15(11-22)12-23-7-5-20-14-23/h5,7-10,14-15H,3-4,6,11-13H2,1-2H3,(H,21,24). The van der Waals surface area contributed by atoms with Crippen molar-refractivity contribution in [1.29, 1.82) is 0 Å². The van der Waals surface area contributed by atoms with Crippen LogP contribution in [-0.2, 0) is 11.3 Å². The van der Waals surface area contributed by atoms with E-state index in [4.69, 9.17) is 9.47 Å². The molecule has 1 aliphatic rings. The molecule has 0 aliphatic carbocycles. The first-order chi connectivity index (χ1) is 12.7. The number of aromatic nitrogens is 2. The lowest BCUT2D eigenvalue weighted by Crippen LogP contribution is -2.41. The number of hydrogen-bond donors (Lipinski definition) is 1. The summed E-state index contributed by atoms with van der Waals surface area (Å²) < 4.78 is 12.6. The third kappa shape index (κ3) is 4.98. The third-order valence-corrected chi connectivity index (χ3v) is 4.63. The lowest BCUT2D eigenvalue weighted by atomic mass is 9.98. The summed E-state index contributed by atoms with van der Waals surface area (Å²) in [5, 5.41) is 2.94. The van der Waals surface area contributed by atoms with Crippen molar-refractivity contribution < 1.29 is 14.3 Å². The SMILES string of the molecule is COc1cc(NC(=O)CN2CCCC(Cn3ccnc3)C2)cc(OC)c1. The topological polar surface area (TPSA) is 68.6 Å². The predicted molar refractivity (Wildman–Crippen MR) is 99.6 cm³/mol. The first-order valence-corrected chi connectivity index (χ1v) is 8.87. The minimum atomic E-state index is -0.0245. The van der Waals surface area contributed by atoms with E-state index in [-0.39, 0.29) is 5.91 Å². The second kappa shape index (κ2) is 8.71. The van der Waals surface area contributed by atoms with E-state index in [1.807, 2.05) is 12.5 Å². The Labute approximate surface area is 153 Å². The van der Waals surface area contributed by atoms with Crippen molar-refractivity contribution in [2.24, 2.45) is 5.92 Å². The molecule has 140 valence electrons. The molecule has 26 heavy (non-hydrogen) atoms. The molecule has 2 heterocycles. The Balaban J connectivity index is 1.54. The molecular formula is C19H26N4O3. The molecule has 1 atom stereocenters. The lowest BCUT2D eigenvalue weighted by Gasteiger charge is -2.32. The first-order valence-electron chi connectivity index (χ1n) is 8.87. The van der Waals surface area contributed by atoms with Crippen LogP contribution in [0, 0.1) is 5.92 Å². The van der Waals surface area contributed by atoms with Crippen LogP contribution in [0.15, 0.2) is 36.9 Å². The lowest BCUT2D eigenvalue weighted by molar-refractivity contribution is -0.117. The molecule has 1 amide bonds. The van der Waals surface area contributed by atoms with Crippen molar-refractivity contribution in [3.05, 3.63) is 36.9 Å². The van der Waals surface area contributed by atoms with Crippen molar-refractivity contribution in [3.8, 4) is 11.5 Å². The van der Waals surface area contributed by atoms with Crippen molar-refractivity contribution in [2.45, 2.75) is 19.4 Å². The van der Waals surface area contributed by atoms with Gasteiger partial charge in [-0.1, -0.05) is 0 Å². The fraction of sp³-hybridized carbons (Fsp3) is 0.474. The number of rotatable bonds is 7. The largest absolute Gasteiger partial charge is 0.497 e. The zero-order chi connectivity index (χ0) is 18.4. The second-order valence-corrected chi connectivity index (χ2v) is 6.65. The fourth-order valence-electron chi connectivity index (χ4n) is 3.42. The van der Waals surface area contributed by atoms with Crippen LogP contribution in [0.4, 0.5) is 5.69 Å². The number of carbonyl (C=O) groups excluding carboxylic acids is 1. The Hall–Kier alpha value is -2.54. The molecular weight excluding hydrogens is 332 g/mol. The van der Waals surface area contributed by atoms with E-state index in [0.717, 1.165) is 26.1 Å². The number of nitrogens with zero attached hydrogens (tertiary/aromatic N) is 3. The molecule has 0 saturated carbocycles. The van der Waals surface area contributed by atoms with Gasteiger partial charge in [-0.25, -0.2) is 4.98 Å². The summed E-state index contributed by atoms with van der Waals surface area (Å²) in [4.78, 5) is 18.8. The minimum Gasteiger partial charge on any atom is -0.497 e. The maximum atomic E-state index is 12.5. The zero-order valence-corrected chi connectivity index (χ0v) is 15.4. The summed E-state index contributed by atoms with van der Waals surface area (Å²) in [6, 6.07) is 5.36. The van der Waals surface area contributed by atoms with Crippen LogP contribution < -0.4 is 14.8 Å². The Morgan fingerprint density at radius 2 is 2.04 bits per heavy atom. The van der Waals surface area contributed by atoms with E-state index in [1.165, 1.54) is 6.42 Å². The molecule has 1 unspecified atom stereocenters. The maximum Gasteiger partial charge on any atom is 0.238 e. The Bertz CT molecular complexity index is 695. The number of hydrogen-bond acceptors (Lipinski definition) is 5. The zero-order valence-electron chi connectivity index (χ0n) is 15.4. The van der Waals surface area contributed by atoms with Gasteiger partial charge in [-0.2, -0.15) is 0 Å². The summed E-state index contributed by atoms with van der Waals surface area (Å²) in [6.45, 7) is 3.22. The highest BCUT2D eigenvalue weighted by molar-refractivity contribution is 5.92.